The number of anilines is 2. The van der Waals surface area contributed by atoms with Gasteiger partial charge in [-0.25, -0.2) is 0 Å². The Kier molecular flexibility index (Phi) is 6.11. The molecule has 6 heteroatoms. The number of rotatable bonds is 8. The highest BCUT2D eigenvalue weighted by molar-refractivity contribution is 7.16. The fraction of sp³-hybridized carbons (Fsp3) is 0.625. The van der Waals surface area contributed by atoms with Crippen molar-refractivity contribution in [2.45, 2.75) is 52.5 Å². The van der Waals surface area contributed by atoms with E-state index in [-0.39, 0.29) is 11.0 Å². The van der Waals surface area contributed by atoms with Gasteiger partial charge in [0.25, 0.3) is 0 Å². The van der Waals surface area contributed by atoms with E-state index in [1.807, 2.05) is 18.3 Å². The molecule has 1 fully saturated rings. The van der Waals surface area contributed by atoms with Crippen LogP contribution < -0.4 is 10.2 Å². The zero-order valence-corrected chi connectivity index (χ0v) is 19.9. The first-order chi connectivity index (χ1) is 14.3. The van der Waals surface area contributed by atoms with E-state index in [0.29, 0.717) is 0 Å². The number of pyridine rings is 1. The van der Waals surface area contributed by atoms with Crippen LogP contribution in [0, 0.1) is 12.3 Å². The van der Waals surface area contributed by atoms with E-state index in [9.17, 15) is 0 Å². The van der Waals surface area contributed by atoms with Gasteiger partial charge in [0.15, 0.2) is 0 Å². The zero-order valence-electron chi connectivity index (χ0n) is 19.1. The molecule has 4 rings (SSSR count). The third kappa shape index (κ3) is 4.23. The van der Waals surface area contributed by atoms with E-state index >= 15 is 0 Å². The van der Waals surface area contributed by atoms with E-state index in [4.69, 9.17) is 4.74 Å². The number of nitrogens with zero attached hydrogens (tertiary/aromatic N) is 3. The summed E-state index contributed by atoms with van der Waals surface area (Å²) in [5, 5.41) is 4.82. The van der Waals surface area contributed by atoms with Gasteiger partial charge in [-0.15, -0.1) is 11.3 Å². The lowest BCUT2D eigenvalue weighted by molar-refractivity contribution is 0.0386. The summed E-state index contributed by atoms with van der Waals surface area (Å²) in [6, 6.07) is 6.74. The molecule has 0 saturated carbocycles. The van der Waals surface area contributed by atoms with Crippen molar-refractivity contribution >= 4 is 22.0 Å². The van der Waals surface area contributed by atoms with Crippen molar-refractivity contribution in [2.24, 2.45) is 5.41 Å². The summed E-state index contributed by atoms with van der Waals surface area (Å²) in [4.78, 5) is 11.0. The van der Waals surface area contributed by atoms with Crippen LogP contribution in [0.5, 0.6) is 0 Å². The molecule has 0 aromatic carbocycles. The van der Waals surface area contributed by atoms with Crippen molar-refractivity contribution in [3.8, 4) is 0 Å². The number of ether oxygens (including phenoxy) is 1. The Labute approximate surface area is 185 Å². The largest absolute Gasteiger partial charge is 0.381 e. The predicted octanol–water partition coefficient (Wildman–Crippen LogP) is 4.87. The van der Waals surface area contributed by atoms with Crippen LogP contribution in [-0.4, -0.2) is 49.9 Å². The average molecular weight is 429 g/mol. The number of aryl methyl sites for hydroxylation is 2. The van der Waals surface area contributed by atoms with Crippen LogP contribution in [0.3, 0.4) is 0 Å². The Morgan fingerprint density at radius 3 is 2.87 bits per heavy atom. The van der Waals surface area contributed by atoms with Gasteiger partial charge >= 0.3 is 0 Å². The molecule has 4 heterocycles. The number of nitrogens with one attached hydrogen (secondary N) is 1. The van der Waals surface area contributed by atoms with Crippen LogP contribution in [0.15, 0.2) is 24.4 Å². The smallest absolute Gasteiger partial charge is 0.114 e. The Morgan fingerprint density at radius 1 is 1.33 bits per heavy atom. The highest BCUT2D eigenvalue weighted by Gasteiger charge is 2.43. The van der Waals surface area contributed by atoms with Gasteiger partial charge in [0.1, 0.15) is 5.00 Å². The molecule has 0 bridgehead atoms. The summed E-state index contributed by atoms with van der Waals surface area (Å²) in [6.45, 7) is 13.6. The monoisotopic (exact) mass is 428 g/mol. The first-order valence-corrected chi connectivity index (χ1v) is 12.0. The minimum absolute atomic E-state index is 0.0224. The fourth-order valence-corrected chi connectivity index (χ4v) is 5.86. The summed E-state index contributed by atoms with van der Waals surface area (Å²) in [7, 11) is 2.16. The normalized spacial score (nSPS) is 21.8. The maximum absolute atomic E-state index is 6.01. The second-order valence-corrected chi connectivity index (χ2v) is 10.7. The molecule has 164 valence electrons. The van der Waals surface area contributed by atoms with Crippen LogP contribution in [0.2, 0.25) is 0 Å². The lowest BCUT2D eigenvalue weighted by atomic mass is 9.82. The quantitative estimate of drug-likeness (QED) is 0.650. The molecule has 2 aliphatic rings. The Balaban J connectivity index is 1.47. The molecule has 0 radical (unpaired) electrons. The van der Waals surface area contributed by atoms with Crippen molar-refractivity contribution in [3.05, 3.63) is 40.5 Å². The van der Waals surface area contributed by atoms with E-state index in [0.717, 1.165) is 45.1 Å². The zero-order chi connectivity index (χ0) is 21.4. The minimum atomic E-state index is -0.0224. The molecule has 0 amide bonds. The van der Waals surface area contributed by atoms with Gasteiger partial charge in [-0.05, 0) is 71.2 Å². The highest BCUT2D eigenvalue weighted by Crippen LogP contribution is 2.44. The van der Waals surface area contributed by atoms with Gasteiger partial charge < -0.3 is 15.0 Å². The number of likely N-dealkylation sites (tertiary alicyclic amines) is 1. The average Bonchev–Trinajstić information content (AvgIpc) is 3.42. The van der Waals surface area contributed by atoms with Gasteiger partial charge in [0.05, 0.1) is 19.0 Å². The molecule has 2 aromatic rings. The molecule has 1 unspecified atom stereocenters. The van der Waals surface area contributed by atoms with E-state index < -0.39 is 0 Å². The number of aromatic nitrogens is 1. The van der Waals surface area contributed by atoms with Gasteiger partial charge in [-0.3, -0.25) is 9.88 Å². The van der Waals surface area contributed by atoms with Crippen LogP contribution in [0.1, 0.15) is 49.7 Å². The SMILES string of the molecule is CCOCC1(CCc2cc3c(s2)NCN3C)CCN(C(C)(C)c2ccc(C)nc2)C1. The van der Waals surface area contributed by atoms with Gasteiger partial charge in [0.2, 0.25) is 0 Å². The molecule has 2 aromatic heterocycles. The Morgan fingerprint density at radius 2 is 2.17 bits per heavy atom. The first-order valence-electron chi connectivity index (χ1n) is 11.2. The summed E-state index contributed by atoms with van der Waals surface area (Å²) >= 11 is 1.92. The fourth-order valence-electron chi connectivity index (χ4n) is 4.77. The second-order valence-electron chi connectivity index (χ2n) is 9.52. The van der Waals surface area contributed by atoms with Gasteiger partial charge in [-0.1, -0.05) is 6.07 Å². The minimum Gasteiger partial charge on any atom is -0.381 e. The maximum atomic E-state index is 6.01. The van der Waals surface area contributed by atoms with Crippen molar-refractivity contribution in [2.75, 3.05) is 50.2 Å². The van der Waals surface area contributed by atoms with E-state index in [1.165, 1.54) is 34.0 Å². The van der Waals surface area contributed by atoms with E-state index in [1.54, 1.807) is 0 Å². The summed E-state index contributed by atoms with van der Waals surface area (Å²) in [5.74, 6) is 0. The molecule has 5 nitrogen and oxygen atoms in total. The van der Waals surface area contributed by atoms with Crippen LogP contribution in [0.25, 0.3) is 0 Å². The third-order valence-electron chi connectivity index (χ3n) is 7.01. The van der Waals surface area contributed by atoms with Crippen molar-refractivity contribution in [3.63, 3.8) is 0 Å². The van der Waals surface area contributed by atoms with E-state index in [2.05, 4.69) is 72.3 Å². The molecule has 1 N–H and O–H groups in total. The molecule has 1 saturated heterocycles. The number of hydrogen-bond acceptors (Lipinski definition) is 6. The molecule has 1 atom stereocenters. The molecular weight excluding hydrogens is 392 g/mol. The second kappa shape index (κ2) is 8.48. The van der Waals surface area contributed by atoms with Crippen molar-refractivity contribution in [1.82, 2.24) is 9.88 Å². The highest BCUT2D eigenvalue weighted by atomic mass is 32.1. The van der Waals surface area contributed by atoms with Gasteiger partial charge in [-0.2, -0.15) is 0 Å². The summed E-state index contributed by atoms with van der Waals surface area (Å²) in [5.41, 5.74) is 3.92. The third-order valence-corrected chi connectivity index (χ3v) is 8.15. The number of thiophene rings is 1. The standard InChI is InChI=1S/C24H36N4OS/c1-6-29-16-24(10-9-20-13-21-22(30-20)26-17-27(21)5)11-12-28(15-24)23(3,4)19-8-7-18(2)25-14-19/h7-8,13-14,26H,6,9-12,15-17H2,1-5H3. The molecule has 30 heavy (non-hydrogen) atoms. The summed E-state index contributed by atoms with van der Waals surface area (Å²) in [6.07, 6.45) is 5.54. The number of hydrogen-bond donors (Lipinski definition) is 1. The topological polar surface area (TPSA) is 40.6 Å². The molecule has 0 aliphatic carbocycles. The molecule has 0 spiro atoms. The molecule has 2 aliphatic heterocycles. The Bertz CT molecular complexity index is 863. The van der Waals surface area contributed by atoms with Crippen LogP contribution in [0.4, 0.5) is 10.7 Å². The predicted molar refractivity (Wildman–Crippen MR) is 127 cm³/mol. The van der Waals surface area contributed by atoms with Crippen LogP contribution in [-0.2, 0) is 16.7 Å². The molecular formula is C24H36N4OS. The Hall–Kier alpha value is -1.63. The van der Waals surface area contributed by atoms with Crippen molar-refractivity contribution in [1.29, 1.82) is 0 Å². The first kappa shape index (κ1) is 21.6. The summed E-state index contributed by atoms with van der Waals surface area (Å²) < 4.78 is 6.01. The number of fused-ring (bicyclic) bond motifs is 1. The van der Waals surface area contributed by atoms with Crippen LogP contribution >= 0.6 is 11.3 Å². The maximum Gasteiger partial charge on any atom is 0.114 e. The van der Waals surface area contributed by atoms with Gasteiger partial charge in [0, 0.05) is 47.9 Å². The lowest BCUT2D eigenvalue weighted by Crippen LogP contribution is -2.42. The lowest BCUT2D eigenvalue weighted by Gasteiger charge is -2.38. The van der Waals surface area contributed by atoms with Crippen molar-refractivity contribution < 1.29 is 4.74 Å².